The molecule has 1 aromatic rings. The van der Waals surface area contributed by atoms with Crippen LogP contribution in [0.5, 0.6) is 0 Å². The lowest BCUT2D eigenvalue weighted by atomic mass is 10.1. The Balaban J connectivity index is 2.22. The van der Waals surface area contributed by atoms with E-state index in [9.17, 15) is 8.42 Å². The summed E-state index contributed by atoms with van der Waals surface area (Å²) in [6.07, 6.45) is 3.07. The molecular weight excluding hydrogens is 244 g/mol. The first-order valence-electron chi connectivity index (χ1n) is 5.22. The number of aromatic nitrogens is 2. The maximum atomic E-state index is 12.1. The molecule has 1 unspecified atom stereocenters. The van der Waals surface area contributed by atoms with Gasteiger partial charge in [0.25, 0.3) is 0 Å². The number of rotatable bonds is 3. The smallest absolute Gasteiger partial charge is 0.246 e. The average Bonchev–Trinajstić information content (AvgIpc) is 2.78. The van der Waals surface area contributed by atoms with Crippen LogP contribution < -0.4 is 5.73 Å². The third kappa shape index (κ3) is 2.38. The van der Waals surface area contributed by atoms with Crippen molar-refractivity contribution in [1.82, 2.24) is 14.3 Å². The maximum absolute atomic E-state index is 12.1. The van der Waals surface area contributed by atoms with Crippen molar-refractivity contribution in [2.45, 2.75) is 11.3 Å². The Morgan fingerprint density at radius 3 is 2.65 bits per heavy atom. The number of hydrogen-bond donors (Lipinski definition) is 2. The van der Waals surface area contributed by atoms with Crippen LogP contribution in [-0.4, -0.2) is 47.5 Å². The fraction of sp³-hybridized carbons (Fsp3) is 0.556. The van der Waals surface area contributed by atoms with Crippen LogP contribution in [0.4, 0.5) is 5.95 Å². The standard InChI is InChI=1S/C9H14N4O3S/c10-9-11-3-8(4-12-9)17(15,16)13-2-1-7(5-13)6-14/h3-4,7,14H,1-2,5-6H2,(H2,10,11,12). The lowest BCUT2D eigenvalue weighted by molar-refractivity contribution is 0.233. The van der Waals surface area contributed by atoms with Crippen LogP contribution in [0.1, 0.15) is 6.42 Å². The van der Waals surface area contributed by atoms with Crippen LogP contribution in [0, 0.1) is 5.92 Å². The van der Waals surface area contributed by atoms with Crippen molar-refractivity contribution in [2.75, 3.05) is 25.4 Å². The molecule has 1 atom stereocenters. The van der Waals surface area contributed by atoms with Crippen LogP contribution in [0.2, 0.25) is 0 Å². The van der Waals surface area contributed by atoms with Gasteiger partial charge < -0.3 is 10.8 Å². The third-order valence-corrected chi connectivity index (χ3v) is 4.61. The molecule has 1 aliphatic rings. The zero-order chi connectivity index (χ0) is 12.5. The van der Waals surface area contributed by atoms with E-state index in [1.807, 2.05) is 0 Å². The second-order valence-corrected chi connectivity index (χ2v) is 5.92. The highest BCUT2D eigenvalue weighted by Gasteiger charge is 2.32. The van der Waals surface area contributed by atoms with E-state index in [0.29, 0.717) is 19.5 Å². The second-order valence-electron chi connectivity index (χ2n) is 3.98. The molecule has 0 spiro atoms. The van der Waals surface area contributed by atoms with E-state index < -0.39 is 10.0 Å². The Hall–Kier alpha value is -1.25. The maximum Gasteiger partial charge on any atom is 0.246 e. The van der Waals surface area contributed by atoms with Gasteiger partial charge in [0, 0.05) is 19.7 Å². The molecular formula is C9H14N4O3S. The zero-order valence-corrected chi connectivity index (χ0v) is 9.97. The first-order chi connectivity index (χ1) is 8.04. The van der Waals surface area contributed by atoms with Crippen LogP contribution >= 0.6 is 0 Å². The van der Waals surface area contributed by atoms with E-state index in [0.717, 1.165) is 0 Å². The zero-order valence-electron chi connectivity index (χ0n) is 9.15. The molecule has 0 radical (unpaired) electrons. The summed E-state index contributed by atoms with van der Waals surface area (Å²) in [6, 6.07) is 0. The number of hydrogen-bond acceptors (Lipinski definition) is 6. The first-order valence-corrected chi connectivity index (χ1v) is 6.66. The minimum atomic E-state index is -3.56. The number of anilines is 1. The lowest BCUT2D eigenvalue weighted by Crippen LogP contribution is -2.29. The Bertz CT molecular complexity index is 487. The molecule has 8 heteroatoms. The summed E-state index contributed by atoms with van der Waals surface area (Å²) in [4.78, 5) is 7.37. The van der Waals surface area contributed by atoms with Crippen molar-refractivity contribution < 1.29 is 13.5 Å². The van der Waals surface area contributed by atoms with Gasteiger partial charge in [-0.1, -0.05) is 0 Å². The number of nitrogens with zero attached hydrogens (tertiary/aromatic N) is 3. The third-order valence-electron chi connectivity index (χ3n) is 2.79. The fourth-order valence-corrected chi connectivity index (χ4v) is 3.20. The number of nitrogens with two attached hydrogens (primary N) is 1. The molecule has 1 aliphatic heterocycles. The summed E-state index contributed by atoms with van der Waals surface area (Å²) < 4.78 is 25.6. The largest absolute Gasteiger partial charge is 0.396 e. The van der Waals surface area contributed by atoms with E-state index in [2.05, 4.69) is 9.97 Å². The SMILES string of the molecule is Nc1ncc(S(=O)(=O)N2CCC(CO)C2)cn1. The average molecular weight is 258 g/mol. The Morgan fingerprint density at radius 2 is 2.12 bits per heavy atom. The second kappa shape index (κ2) is 4.55. The van der Waals surface area contributed by atoms with Crippen molar-refractivity contribution in [2.24, 2.45) is 5.92 Å². The van der Waals surface area contributed by atoms with E-state index >= 15 is 0 Å². The normalized spacial score (nSPS) is 21.8. The summed E-state index contributed by atoms with van der Waals surface area (Å²) in [5.41, 5.74) is 5.30. The van der Waals surface area contributed by atoms with Gasteiger partial charge in [0.1, 0.15) is 4.90 Å². The van der Waals surface area contributed by atoms with Gasteiger partial charge in [-0.2, -0.15) is 4.31 Å². The Morgan fingerprint density at radius 1 is 1.47 bits per heavy atom. The molecule has 0 saturated carbocycles. The summed E-state index contributed by atoms with van der Waals surface area (Å²) in [6.45, 7) is 0.755. The molecule has 1 fully saturated rings. The number of aliphatic hydroxyl groups excluding tert-OH is 1. The van der Waals surface area contributed by atoms with Gasteiger partial charge in [0.2, 0.25) is 16.0 Å². The predicted molar refractivity (Wildman–Crippen MR) is 60.4 cm³/mol. The Labute approximate surface area is 99.3 Å². The molecule has 7 nitrogen and oxygen atoms in total. The highest BCUT2D eigenvalue weighted by Crippen LogP contribution is 2.23. The van der Waals surface area contributed by atoms with Crippen LogP contribution in [0.3, 0.4) is 0 Å². The van der Waals surface area contributed by atoms with Gasteiger partial charge in [-0.3, -0.25) is 0 Å². The van der Waals surface area contributed by atoms with Crippen LogP contribution in [-0.2, 0) is 10.0 Å². The van der Waals surface area contributed by atoms with E-state index in [-0.39, 0.29) is 23.4 Å². The topological polar surface area (TPSA) is 109 Å². The molecule has 1 aromatic heterocycles. The lowest BCUT2D eigenvalue weighted by Gasteiger charge is -2.15. The van der Waals surface area contributed by atoms with Crippen molar-refractivity contribution in [3.05, 3.63) is 12.4 Å². The summed E-state index contributed by atoms with van der Waals surface area (Å²) >= 11 is 0. The van der Waals surface area contributed by atoms with Crippen molar-refractivity contribution in [3.63, 3.8) is 0 Å². The van der Waals surface area contributed by atoms with Gasteiger partial charge in [0.15, 0.2) is 0 Å². The minimum Gasteiger partial charge on any atom is -0.396 e. The van der Waals surface area contributed by atoms with Crippen molar-refractivity contribution in [1.29, 1.82) is 0 Å². The van der Waals surface area contributed by atoms with Crippen LogP contribution in [0.15, 0.2) is 17.3 Å². The molecule has 17 heavy (non-hydrogen) atoms. The first kappa shape index (κ1) is 12.2. The number of sulfonamides is 1. The minimum absolute atomic E-state index is 0.00422. The molecule has 0 bridgehead atoms. The molecule has 2 heterocycles. The molecule has 0 aliphatic carbocycles. The summed E-state index contributed by atoms with van der Waals surface area (Å²) in [7, 11) is -3.56. The van der Waals surface area contributed by atoms with Gasteiger partial charge in [-0.15, -0.1) is 0 Å². The number of aliphatic hydroxyl groups is 1. The molecule has 0 aromatic carbocycles. The number of nitrogen functional groups attached to an aromatic ring is 1. The fourth-order valence-electron chi connectivity index (χ4n) is 1.77. The van der Waals surface area contributed by atoms with Crippen molar-refractivity contribution >= 4 is 16.0 Å². The van der Waals surface area contributed by atoms with E-state index in [4.69, 9.17) is 10.8 Å². The van der Waals surface area contributed by atoms with Crippen molar-refractivity contribution in [3.8, 4) is 0 Å². The summed E-state index contributed by atoms with van der Waals surface area (Å²) in [5.74, 6) is 0.0538. The van der Waals surface area contributed by atoms with Gasteiger partial charge >= 0.3 is 0 Å². The highest BCUT2D eigenvalue weighted by atomic mass is 32.2. The highest BCUT2D eigenvalue weighted by molar-refractivity contribution is 7.89. The molecule has 0 amide bonds. The molecule has 3 N–H and O–H groups in total. The molecule has 1 saturated heterocycles. The van der Waals surface area contributed by atoms with Crippen LogP contribution in [0.25, 0.3) is 0 Å². The quantitative estimate of drug-likeness (QED) is 0.724. The van der Waals surface area contributed by atoms with Gasteiger partial charge in [-0.25, -0.2) is 18.4 Å². The van der Waals surface area contributed by atoms with E-state index in [1.165, 1.54) is 16.7 Å². The molecule has 2 rings (SSSR count). The predicted octanol–water partition coefficient (Wildman–Crippen LogP) is -0.938. The monoisotopic (exact) mass is 258 g/mol. The van der Waals surface area contributed by atoms with Gasteiger partial charge in [0.05, 0.1) is 12.4 Å². The van der Waals surface area contributed by atoms with E-state index in [1.54, 1.807) is 0 Å². The molecule has 94 valence electrons. The Kier molecular flexibility index (Phi) is 3.27. The van der Waals surface area contributed by atoms with Gasteiger partial charge in [-0.05, 0) is 12.3 Å². The summed E-state index contributed by atoms with van der Waals surface area (Å²) in [5, 5.41) is 8.99.